The van der Waals surface area contributed by atoms with Crippen LogP contribution in [0.1, 0.15) is 48.9 Å². The van der Waals surface area contributed by atoms with Crippen molar-refractivity contribution in [3.05, 3.63) is 77.4 Å². The van der Waals surface area contributed by atoms with Crippen LogP contribution >= 0.6 is 0 Å². The van der Waals surface area contributed by atoms with Crippen LogP contribution in [-0.4, -0.2) is 55.7 Å². The number of rotatable bonds is 7. The summed E-state index contributed by atoms with van der Waals surface area (Å²) in [6.07, 6.45) is -0.168. The summed E-state index contributed by atoms with van der Waals surface area (Å²) in [6, 6.07) is 12.4. The number of carbonyl (C=O) groups is 2. The predicted octanol–water partition coefficient (Wildman–Crippen LogP) is 2.78. The second kappa shape index (κ2) is 10.1. The molecule has 3 atom stereocenters. The predicted molar refractivity (Wildman–Crippen MR) is 120 cm³/mol. The molecule has 4 rings (SSSR count). The summed E-state index contributed by atoms with van der Waals surface area (Å²) in [5, 5.41) is 13.5. The number of hydrogen-bond donors (Lipinski definition) is 1. The maximum Gasteiger partial charge on any atom is 0.245 e. The van der Waals surface area contributed by atoms with E-state index >= 15 is 0 Å². The van der Waals surface area contributed by atoms with Gasteiger partial charge in [0, 0.05) is 6.42 Å². The molecule has 0 radical (unpaired) electrons. The first-order valence-electron chi connectivity index (χ1n) is 11.1. The lowest BCUT2D eigenvalue weighted by molar-refractivity contribution is -0.139. The molecule has 1 aliphatic rings. The van der Waals surface area contributed by atoms with E-state index < -0.39 is 30.1 Å². The van der Waals surface area contributed by atoms with Gasteiger partial charge in [-0.3, -0.25) is 9.59 Å². The summed E-state index contributed by atoms with van der Waals surface area (Å²) in [5.41, 5.74) is 1.88. The van der Waals surface area contributed by atoms with Gasteiger partial charge in [0.1, 0.15) is 30.9 Å². The fourth-order valence-corrected chi connectivity index (χ4v) is 4.23. The molecule has 3 aromatic rings. The van der Waals surface area contributed by atoms with E-state index in [9.17, 15) is 18.4 Å². The van der Waals surface area contributed by atoms with E-state index in [1.807, 2.05) is 44.2 Å². The number of halogens is 2. The van der Waals surface area contributed by atoms with Crippen molar-refractivity contribution < 1.29 is 18.4 Å². The average Bonchev–Trinajstić information content (AvgIpc) is 3.47. The van der Waals surface area contributed by atoms with Gasteiger partial charge in [0.25, 0.3) is 0 Å². The number of benzene rings is 2. The minimum absolute atomic E-state index is 0.0125. The molecule has 1 aromatic heterocycles. The zero-order valence-corrected chi connectivity index (χ0v) is 18.9. The van der Waals surface area contributed by atoms with Crippen molar-refractivity contribution in [1.82, 2.24) is 30.4 Å². The van der Waals surface area contributed by atoms with Crippen molar-refractivity contribution >= 4 is 11.8 Å². The number of likely N-dealkylation sites (tertiary alicyclic amines) is 1. The van der Waals surface area contributed by atoms with E-state index in [0.29, 0.717) is 11.1 Å². The number of hydrogen-bond acceptors (Lipinski definition) is 5. The normalized spacial score (nSPS) is 18.8. The molecule has 0 saturated carbocycles. The minimum Gasteiger partial charge on any atom is -0.343 e. The molecule has 10 heteroatoms. The van der Waals surface area contributed by atoms with Crippen molar-refractivity contribution in [2.24, 2.45) is 0 Å². The van der Waals surface area contributed by atoms with Crippen LogP contribution < -0.4 is 5.32 Å². The lowest BCUT2D eigenvalue weighted by Gasteiger charge is -2.27. The molecule has 2 aromatic carbocycles. The third-order valence-electron chi connectivity index (χ3n) is 5.96. The Labute approximate surface area is 196 Å². The summed E-state index contributed by atoms with van der Waals surface area (Å²) in [4.78, 5) is 27.3. The van der Waals surface area contributed by atoms with Crippen LogP contribution in [0.2, 0.25) is 0 Å². The lowest BCUT2D eigenvalue weighted by atomic mass is 9.94. The Morgan fingerprint density at radius 1 is 1.15 bits per heavy atom. The Balaban J connectivity index is 1.59. The van der Waals surface area contributed by atoms with E-state index in [1.54, 1.807) is 12.1 Å². The van der Waals surface area contributed by atoms with Crippen molar-refractivity contribution in [1.29, 1.82) is 0 Å². The number of nitrogens with zero attached hydrogens (tertiary/aromatic N) is 5. The van der Waals surface area contributed by atoms with Crippen molar-refractivity contribution in [2.45, 2.75) is 51.0 Å². The summed E-state index contributed by atoms with van der Waals surface area (Å²) < 4.78 is 30.3. The van der Waals surface area contributed by atoms with Crippen LogP contribution in [0.5, 0.6) is 0 Å². The highest BCUT2D eigenvalue weighted by Crippen LogP contribution is 2.28. The number of alkyl halides is 1. The number of tetrazole rings is 1. The maximum atomic E-state index is 14.8. The van der Waals surface area contributed by atoms with E-state index in [1.165, 1.54) is 22.0 Å². The van der Waals surface area contributed by atoms with Gasteiger partial charge in [0.2, 0.25) is 11.8 Å². The zero-order valence-electron chi connectivity index (χ0n) is 18.9. The summed E-state index contributed by atoms with van der Waals surface area (Å²) in [7, 11) is 0. The molecule has 0 unspecified atom stereocenters. The zero-order chi connectivity index (χ0) is 24.2. The molecule has 34 heavy (non-hydrogen) atoms. The van der Waals surface area contributed by atoms with Gasteiger partial charge in [-0.15, -0.1) is 5.10 Å². The highest BCUT2D eigenvalue weighted by atomic mass is 19.1. The second-order valence-corrected chi connectivity index (χ2v) is 8.69. The fourth-order valence-electron chi connectivity index (χ4n) is 4.23. The fraction of sp³-hybridized carbons (Fsp3) is 0.375. The van der Waals surface area contributed by atoms with E-state index in [2.05, 4.69) is 20.8 Å². The first kappa shape index (κ1) is 23.5. The van der Waals surface area contributed by atoms with E-state index in [4.69, 9.17) is 0 Å². The molecular weight excluding hydrogens is 442 g/mol. The molecule has 0 bridgehead atoms. The number of aromatic nitrogens is 4. The summed E-state index contributed by atoms with van der Waals surface area (Å²) >= 11 is 0. The molecule has 2 heterocycles. The lowest BCUT2D eigenvalue weighted by Crippen LogP contribution is -2.48. The third kappa shape index (κ3) is 5.11. The minimum atomic E-state index is -1.33. The Bertz CT molecular complexity index is 1140. The molecule has 178 valence electrons. The van der Waals surface area contributed by atoms with Crippen molar-refractivity contribution in [3.8, 4) is 0 Å². The largest absolute Gasteiger partial charge is 0.343 e. The van der Waals surface area contributed by atoms with Crippen molar-refractivity contribution in [3.63, 3.8) is 0 Å². The highest BCUT2D eigenvalue weighted by molar-refractivity contribution is 5.88. The van der Waals surface area contributed by atoms with Gasteiger partial charge in [0.05, 0.1) is 12.6 Å². The van der Waals surface area contributed by atoms with Gasteiger partial charge in [-0.1, -0.05) is 56.3 Å². The van der Waals surface area contributed by atoms with Crippen molar-refractivity contribution in [2.75, 3.05) is 6.54 Å². The molecule has 2 amide bonds. The highest BCUT2D eigenvalue weighted by Gasteiger charge is 2.40. The Morgan fingerprint density at radius 3 is 2.56 bits per heavy atom. The molecule has 0 aliphatic carbocycles. The van der Waals surface area contributed by atoms with Crippen LogP contribution in [-0.2, 0) is 16.1 Å². The van der Waals surface area contributed by atoms with Gasteiger partial charge in [-0.2, -0.15) is 0 Å². The number of amides is 2. The topological polar surface area (TPSA) is 93.0 Å². The first-order valence-corrected chi connectivity index (χ1v) is 11.1. The molecule has 0 spiro atoms. The number of carbonyl (C=O) groups excluding carboxylic acids is 2. The monoisotopic (exact) mass is 468 g/mol. The third-order valence-corrected chi connectivity index (χ3v) is 5.96. The van der Waals surface area contributed by atoms with Gasteiger partial charge >= 0.3 is 0 Å². The first-order chi connectivity index (χ1) is 16.3. The standard InChI is InChI=1S/C24H26F2N6O2/c1-15(2)19-9-8-17(10-20(19)26)23(16-6-4-3-5-7-16)28-24(34)21-11-18(25)12-32(21)22(33)13-31-14-27-29-30-31/h3-10,14-15,18,21,23H,11-13H2,1-2H3,(H,28,34)/t18-,21+,23+/m1/s1. The Hall–Kier alpha value is -3.69. The smallest absolute Gasteiger partial charge is 0.245 e. The van der Waals surface area contributed by atoms with Crippen LogP contribution in [0.3, 0.4) is 0 Å². The Morgan fingerprint density at radius 2 is 1.91 bits per heavy atom. The average molecular weight is 469 g/mol. The SMILES string of the molecule is CC(C)c1ccc([C@@H](NC(=O)[C@@H]2C[C@@H](F)CN2C(=O)Cn2cnnn2)c2ccccc2)cc1F. The van der Waals surface area contributed by atoms with Crippen LogP contribution in [0.15, 0.2) is 54.9 Å². The Kier molecular flexibility index (Phi) is 6.95. The van der Waals surface area contributed by atoms with Gasteiger partial charge in [-0.05, 0) is 39.1 Å². The molecule has 8 nitrogen and oxygen atoms in total. The van der Waals surface area contributed by atoms with Gasteiger partial charge in [-0.25, -0.2) is 13.5 Å². The van der Waals surface area contributed by atoms with Crippen LogP contribution in [0.25, 0.3) is 0 Å². The summed E-state index contributed by atoms with van der Waals surface area (Å²) in [5.74, 6) is -1.31. The molecule has 1 saturated heterocycles. The van der Waals surface area contributed by atoms with E-state index in [-0.39, 0.29) is 31.2 Å². The van der Waals surface area contributed by atoms with E-state index in [0.717, 1.165) is 5.56 Å². The van der Waals surface area contributed by atoms with Crippen LogP contribution in [0, 0.1) is 5.82 Å². The van der Waals surface area contributed by atoms with Gasteiger partial charge in [0.15, 0.2) is 0 Å². The van der Waals surface area contributed by atoms with Gasteiger partial charge < -0.3 is 10.2 Å². The summed E-state index contributed by atoms with van der Waals surface area (Å²) in [6.45, 7) is 3.42. The quantitative estimate of drug-likeness (QED) is 0.576. The molecular formula is C24H26F2N6O2. The van der Waals surface area contributed by atoms with Crippen LogP contribution in [0.4, 0.5) is 8.78 Å². The number of nitrogens with one attached hydrogen (secondary N) is 1. The maximum absolute atomic E-state index is 14.8. The second-order valence-electron chi connectivity index (χ2n) is 8.69. The molecule has 1 aliphatic heterocycles. The molecule has 1 N–H and O–H groups in total. The molecule has 1 fully saturated rings.